The maximum atomic E-state index is 14.2. The minimum absolute atomic E-state index is 0.00727. The van der Waals surface area contributed by atoms with Crippen molar-refractivity contribution >= 4 is 50.7 Å². The quantitative estimate of drug-likeness (QED) is 0.267. The SMILES string of the molecule is CCNC(=O)[C@@H](CC)N(Cc1c(Cl)cccc1Cl)C(=O)CN(c1ccc(OC)c(OC)c1)S(=O)(=O)c1ccc(C)cc1. The van der Waals surface area contributed by atoms with E-state index in [0.717, 1.165) is 9.87 Å². The van der Waals surface area contributed by atoms with Gasteiger partial charge < -0.3 is 19.7 Å². The van der Waals surface area contributed by atoms with E-state index in [0.29, 0.717) is 27.9 Å². The molecule has 226 valence electrons. The highest BCUT2D eigenvalue weighted by Crippen LogP contribution is 2.34. The van der Waals surface area contributed by atoms with E-state index in [4.69, 9.17) is 32.7 Å². The lowest BCUT2D eigenvalue weighted by atomic mass is 10.1. The average Bonchev–Trinajstić information content (AvgIpc) is 2.97. The molecule has 1 N–H and O–H groups in total. The number of carbonyl (C=O) groups excluding carboxylic acids is 2. The lowest BCUT2D eigenvalue weighted by molar-refractivity contribution is -0.140. The monoisotopic (exact) mass is 635 g/mol. The van der Waals surface area contributed by atoms with E-state index in [1.165, 1.54) is 43.4 Å². The van der Waals surface area contributed by atoms with Gasteiger partial charge in [0.2, 0.25) is 11.8 Å². The second-order valence-electron chi connectivity index (χ2n) is 9.40. The number of benzene rings is 3. The summed E-state index contributed by atoms with van der Waals surface area (Å²) in [7, 11) is -1.37. The number of ether oxygens (including phenoxy) is 2. The van der Waals surface area contributed by atoms with Crippen LogP contribution in [-0.2, 0) is 26.2 Å². The van der Waals surface area contributed by atoms with Crippen molar-refractivity contribution in [1.29, 1.82) is 0 Å². The van der Waals surface area contributed by atoms with Crippen molar-refractivity contribution in [2.24, 2.45) is 0 Å². The standard InChI is InChI=1S/C30H35Cl2N3O6S/c1-6-26(30(37)33-7-2)34(18-23-24(31)9-8-10-25(23)32)29(36)19-35(21-13-16-27(40-4)28(17-21)41-5)42(38,39)22-14-11-20(3)12-15-22/h8-17,26H,6-7,18-19H2,1-5H3,(H,33,37)/t26-/m1/s1. The predicted octanol–water partition coefficient (Wildman–Crippen LogP) is 5.46. The highest BCUT2D eigenvalue weighted by atomic mass is 35.5. The number of amides is 2. The molecule has 0 saturated heterocycles. The van der Waals surface area contributed by atoms with E-state index in [1.807, 2.05) is 6.92 Å². The molecular weight excluding hydrogens is 601 g/mol. The fraction of sp³-hybridized carbons (Fsp3) is 0.333. The minimum Gasteiger partial charge on any atom is -0.493 e. The molecular formula is C30H35Cl2N3O6S. The van der Waals surface area contributed by atoms with Gasteiger partial charge >= 0.3 is 0 Å². The van der Waals surface area contributed by atoms with Gasteiger partial charge in [0, 0.05) is 34.8 Å². The van der Waals surface area contributed by atoms with Crippen LogP contribution in [0.15, 0.2) is 65.6 Å². The molecule has 0 saturated carbocycles. The number of hydrogen-bond acceptors (Lipinski definition) is 6. The van der Waals surface area contributed by atoms with Crippen LogP contribution in [0.25, 0.3) is 0 Å². The Hall–Kier alpha value is -3.47. The third-order valence-electron chi connectivity index (χ3n) is 6.67. The van der Waals surface area contributed by atoms with E-state index in [9.17, 15) is 18.0 Å². The topological polar surface area (TPSA) is 105 Å². The lowest BCUT2D eigenvalue weighted by Crippen LogP contribution is -2.52. The molecule has 0 aromatic heterocycles. The van der Waals surface area contributed by atoms with Gasteiger partial charge in [0.05, 0.1) is 24.8 Å². The number of hydrogen-bond donors (Lipinski definition) is 1. The Kier molecular flexibility index (Phi) is 11.5. The first-order valence-corrected chi connectivity index (χ1v) is 15.5. The van der Waals surface area contributed by atoms with E-state index in [2.05, 4.69) is 5.32 Å². The third kappa shape index (κ3) is 7.48. The van der Waals surface area contributed by atoms with Crippen LogP contribution in [0.5, 0.6) is 11.5 Å². The molecule has 0 unspecified atom stereocenters. The Morgan fingerprint density at radius 3 is 2.10 bits per heavy atom. The van der Waals surface area contributed by atoms with Crippen molar-refractivity contribution in [2.45, 2.75) is 44.7 Å². The maximum Gasteiger partial charge on any atom is 0.264 e. The first-order chi connectivity index (χ1) is 20.0. The second kappa shape index (κ2) is 14.6. The number of rotatable bonds is 13. The molecule has 9 nitrogen and oxygen atoms in total. The first-order valence-electron chi connectivity index (χ1n) is 13.3. The van der Waals surface area contributed by atoms with Crippen molar-refractivity contribution in [2.75, 3.05) is 31.6 Å². The number of halogens is 2. The van der Waals surface area contributed by atoms with Crippen LogP contribution in [0.4, 0.5) is 5.69 Å². The normalized spacial score (nSPS) is 11.9. The molecule has 3 rings (SSSR count). The van der Waals surface area contributed by atoms with Gasteiger partial charge in [0.15, 0.2) is 11.5 Å². The molecule has 12 heteroatoms. The van der Waals surface area contributed by atoms with Gasteiger partial charge in [-0.15, -0.1) is 0 Å². The fourth-order valence-corrected chi connectivity index (χ4v) is 6.33. The maximum absolute atomic E-state index is 14.2. The zero-order chi connectivity index (χ0) is 31.0. The van der Waals surface area contributed by atoms with Gasteiger partial charge in [-0.05, 0) is 56.7 Å². The summed E-state index contributed by atoms with van der Waals surface area (Å²) in [6.45, 7) is 5.00. The molecule has 0 bridgehead atoms. The summed E-state index contributed by atoms with van der Waals surface area (Å²) in [5, 5.41) is 3.39. The largest absolute Gasteiger partial charge is 0.493 e. The van der Waals surface area contributed by atoms with E-state index < -0.39 is 28.5 Å². The smallest absolute Gasteiger partial charge is 0.264 e. The number of methoxy groups -OCH3 is 2. The molecule has 0 fully saturated rings. The van der Waals surface area contributed by atoms with Crippen molar-refractivity contribution in [3.8, 4) is 11.5 Å². The molecule has 1 atom stereocenters. The van der Waals surface area contributed by atoms with Crippen LogP contribution in [0, 0.1) is 6.92 Å². The molecule has 2 amide bonds. The van der Waals surface area contributed by atoms with Crippen LogP contribution in [0.2, 0.25) is 10.0 Å². The number of anilines is 1. The van der Waals surface area contributed by atoms with Gasteiger partial charge in [0.25, 0.3) is 10.0 Å². The second-order valence-corrected chi connectivity index (χ2v) is 12.1. The van der Waals surface area contributed by atoms with Crippen LogP contribution in [0.1, 0.15) is 31.4 Å². The Bertz CT molecular complexity index is 1500. The summed E-state index contributed by atoms with van der Waals surface area (Å²) in [6, 6.07) is 14.9. The Morgan fingerprint density at radius 1 is 0.929 bits per heavy atom. The highest BCUT2D eigenvalue weighted by Gasteiger charge is 2.34. The Labute approximate surface area is 257 Å². The van der Waals surface area contributed by atoms with E-state index in [1.54, 1.807) is 50.2 Å². The highest BCUT2D eigenvalue weighted by molar-refractivity contribution is 7.92. The molecule has 3 aromatic carbocycles. The zero-order valence-corrected chi connectivity index (χ0v) is 26.5. The molecule has 0 aliphatic heterocycles. The van der Waals surface area contributed by atoms with Gasteiger partial charge in [-0.3, -0.25) is 13.9 Å². The molecule has 0 heterocycles. The van der Waals surface area contributed by atoms with Gasteiger partial charge in [-0.25, -0.2) is 8.42 Å². The number of nitrogens with zero attached hydrogens (tertiary/aromatic N) is 2. The number of nitrogens with one attached hydrogen (secondary N) is 1. The summed E-state index contributed by atoms with van der Waals surface area (Å²) >= 11 is 12.9. The molecule has 0 aliphatic rings. The van der Waals surface area contributed by atoms with Crippen molar-refractivity contribution < 1.29 is 27.5 Å². The Balaban J connectivity index is 2.15. The molecule has 0 aliphatic carbocycles. The number of aryl methyl sites for hydroxylation is 1. The van der Waals surface area contributed by atoms with Gasteiger partial charge in [-0.1, -0.05) is 53.9 Å². The molecule has 0 spiro atoms. The summed E-state index contributed by atoms with van der Waals surface area (Å²) in [4.78, 5) is 28.6. The third-order valence-corrected chi connectivity index (χ3v) is 9.17. The molecule has 0 radical (unpaired) electrons. The average molecular weight is 637 g/mol. The van der Waals surface area contributed by atoms with Crippen molar-refractivity contribution in [3.63, 3.8) is 0 Å². The predicted molar refractivity (Wildman–Crippen MR) is 165 cm³/mol. The number of likely N-dealkylation sites (N-methyl/N-ethyl adjacent to an activating group) is 1. The minimum atomic E-state index is -4.26. The summed E-state index contributed by atoms with van der Waals surface area (Å²) in [5.41, 5.74) is 1.48. The number of sulfonamides is 1. The Morgan fingerprint density at radius 2 is 1.55 bits per heavy atom. The summed E-state index contributed by atoms with van der Waals surface area (Å²) < 4.78 is 39.8. The fourth-order valence-electron chi connectivity index (χ4n) is 4.41. The van der Waals surface area contributed by atoms with Crippen molar-refractivity contribution in [1.82, 2.24) is 10.2 Å². The van der Waals surface area contributed by atoms with Gasteiger partial charge in [-0.2, -0.15) is 0 Å². The molecule has 42 heavy (non-hydrogen) atoms. The summed E-state index contributed by atoms with van der Waals surface area (Å²) in [6.07, 6.45) is 0.265. The van der Waals surface area contributed by atoms with E-state index in [-0.39, 0.29) is 35.2 Å². The lowest BCUT2D eigenvalue weighted by Gasteiger charge is -2.33. The first kappa shape index (κ1) is 33.0. The van der Waals surface area contributed by atoms with Crippen molar-refractivity contribution in [3.05, 3.63) is 81.8 Å². The van der Waals surface area contributed by atoms with Crippen LogP contribution < -0.4 is 19.1 Å². The van der Waals surface area contributed by atoms with E-state index >= 15 is 0 Å². The number of carbonyl (C=O) groups is 2. The summed E-state index contributed by atoms with van der Waals surface area (Å²) in [5.74, 6) is -0.345. The zero-order valence-electron chi connectivity index (χ0n) is 24.2. The van der Waals surface area contributed by atoms with Crippen LogP contribution in [0.3, 0.4) is 0 Å². The van der Waals surface area contributed by atoms with Crippen LogP contribution >= 0.6 is 23.2 Å². The van der Waals surface area contributed by atoms with Crippen LogP contribution in [-0.4, -0.2) is 58.5 Å². The molecule has 3 aromatic rings. The van der Waals surface area contributed by atoms with Gasteiger partial charge in [0.1, 0.15) is 12.6 Å².